The molecule has 2 fully saturated rings. The van der Waals surface area contributed by atoms with Gasteiger partial charge in [-0.15, -0.1) is 0 Å². The molecule has 17 heavy (non-hydrogen) atoms. The van der Waals surface area contributed by atoms with Crippen LogP contribution in [0.4, 0.5) is 0 Å². The quantitative estimate of drug-likeness (QED) is 0.805. The Balaban J connectivity index is 1.88. The lowest BCUT2D eigenvalue weighted by Gasteiger charge is -2.23. The van der Waals surface area contributed by atoms with E-state index in [0.717, 1.165) is 0 Å². The first kappa shape index (κ1) is 11.2. The van der Waals surface area contributed by atoms with Crippen molar-refractivity contribution in [2.75, 3.05) is 6.61 Å². The van der Waals surface area contributed by atoms with Crippen molar-refractivity contribution in [3.05, 3.63) is 18.5 Å². The third-order valence-electron chi connectivity index (χ3n) is 3.09. The van der Waals surface area contributed by atoms with Crippen LogP contribution < -0.4 is 0 Å². The molecule has 3 rings (SSSR count). The summed E-state index contributed by atoms with van der Waals surface area (Å²) >= 11 is 0. The molecular weight excluding hydrogens is 224 g/mol. The van der Waals surface area contributed by atoms with E-state index in [-0.39, 0.29) is 31.1 Å². The zero-order chi connectivity index (χ0) is 12.0. The third-order valence-corrected chi connectivity index (χ3v) is 3.09. The van der Waals surface area contributed by atoms with Crippen LogP contribution in [0.5, 0.6) is 0 Å². The molecule has 0 radical (unpaired) electrons. The Labute approximate surface area is 99.1 Å². The Bertz CT molecular complexity index is 392. The molecule has 1 N–H and O–H groups in total. The van der Waals surface area contributed by atoms with Gasteiger partial charge < -0.3 is 19.3 Å². The molecule has 1 aromatic heterocycles. The molecule has 0 aromatic carbocycles. The Morgan fingerprint density at radius 2 is 2.12 bits per heavy atom. The van der Waals surface area contributed by atoms with Gasteiger partial charge in [0, 0.05) is 12.4 Å². The van der Waals surface area contributed by atoms with E-state index in [1.807, 2.05) is 26.1 Å². The Morgan fingerprint density at radius 1 is 1.35 bits per heavy atom. The monoisotopic (exact) mass is 240 g/mol. The number of nitrogens with zero attached hydrogens (tertiary/aromatic N) is 2. The van der Waals surface area contributed by atoms with Crippen LogP contribution in [-0.4, -0.2) is 45.6 Å². The minimum atomic E-state index is -0.641. The first-order valence-electron chi connectivity index (χ1n) is 5.72. The van der Waals surface area contributed by atoms with Crippen LogP contribution in [0.2, 0.25) is 0 Å². The van der Waals surface area contributed by atoms with Gasteiger partial charge in [-0.2, -0.15) is 5.10 Å². The van der Waals surface area contributed by atoms with E-state index in [4.69, 9.17) is 14.2 Å². The number of ether oxygens (including phenoxy) is 3. The van der Waals surface area contributed by atoms with Crippen molar-refractivity contribution in [2.24, 2.45) is 0 Å². The second-order valence-corrected chi connectivity index (χ2v) is 4.80. The van der Waals surface area contributed by atoms with Gasteiger partial charge >= 0.3 is 0 Å². The fourth-order valence-electron chi connectivity index (χ4n) is 2.45. The zero-order valence-corrected chi connectivity index (χ0v) is 9.81. The summed E-state index contributed by atoms with van der Waals surface area (Å²) in [5.74, 6) is -0.641. The molecule has 4 atom stereocenters. The minimum Gasteiger partial charge on any atom is -0.394 e. The number of aliphatic hydroxyl groups excluding tert-OH is 1. The molecule has 2 aliphatic heterocycles. The minimum absolute atomic E-state index is 0.0849. The first-order chi connectivity index (χ1) is 8.11. The maximum Gasteiger partial charge on any atom is 0.179 e. The standard InChI is InChI=1S/C11H16N2O4/c1-11(2)16-8-7(6-14)15-10(9(8)17-11)13-5-3-4-12-13/h3-5,7-10,14H,6H2,1-2H3/t7-,8-,9-,10-/m1/s1. The number of aromatic nitrogens is 2. The van der Waals surface area contributed by atoms with Crippen molar-refractivity contribution in [3.8, 4) is 0 Å². The molecule has 6 nitrogen and oxygen atoms in total. The summed E-state index contributed by atoms with van der Waals surface area (Å²) in [4.78, 5) is 0. The Hall–Kier alpha value is -0.950. The summed E-state index contributed by atoms with van der Waals surface area (Å²) in [5.41, 5.74) is 0. The summed E-state index contributed by atoms with van der Waals surface area (Å²) in [6, 6.07) is 1.82. The van der Waals surface area contributed by atoms with Gasteiger partial charge in [-0.25, -0.2) is 4.68 Å². The van der Waals surface area contributed by atoms with Crippen LogP contribution in [0.25, 0.3) is 0 Å². The van der Waals surface area contributed by atoms with E-state index < -0.39 is 5.79 Å². The third kappa shape index (κ3) is 1.77. The van der Waals surface area contributed by atoms with Crippen molar-refractivity contribution in [1.82, 2.24) is 9.78 Å². The molecule has 0 bridgehead atoms. The van der Waals surface area contributed by atoms with Crippen LogP contribution in [0.3, 0.4) is 0 Å². The molecule has 3 heterocycles. The highest BCUT2D eigenvalue weighted by Gasteiger charge is 2.55. The number of hydrogen-bond donors (Lipinski definition) is 1. The lowest BCUT2D eigenvalue weighted by Crippen LogP contribution is -2.31. The Kier molecular flexibility index (Phi) is 2.48. The zero-order valence-electron chi connectivity index (χ0n) is 9.81. The molecule has 94 valence electrons. The summed E-state index contributed by atoms with van der Waals surface area (Å²) in [7, 11) is 0. The fourth-order valence-corrected chi connectivity index (χ4v) is 2.45. The highest BCUT2D eigenvalue weighted by Crippen LogP contribution is 2.42. The van der Waals surface area contributed by atoms with E-state index in [9.17, 15) is 5.11 Å². The van der Waals surface area contributed by atoms with E-state index in [1.165, 1.54) is 0 Å². The van der Waals surface area contributed by atoms with E-state index in [1.54, 1.807) is 10.9 Å². The lowest BCUT2D eigenvalue weighted by molar-refractivity contribution is -0.201. The molecular formula is C11H16N2O4. The average Bonchev–Trinajstić information content (AvgIpc) is 2.91. The molecule has 6 heteroatoms. The summed E-state index contributed by atoms with van der Waals surface area (Å²) in [5, 5.41) is 13.5. The summed E-state index contributed by atoms with van der Waals surface area (Å²) < 4.78 is 19.0. The van der Waals surface area contributed by atoms with Gasteiger partial charge in [0.05, 0.1) is 6.61 Å². The molecule has 0 spiro atoms. The lowest BCUT2D eigenvalue weighted by atomic mass is 10.1. The van der Waals surface area contributed by atoms with Crippen molar-refractivity contribution in [2.45, 2.75) is 44.2 Å². The Morgan fingerprint density at radius 3 is 2.76 bits per heavy atom. The van der Waals surface area contributed by atoms with Gasteiger partial charge in [0.25, 0.3) is 0 Å². The molecule has 0 amide bonds. The molecule has 1 aromatic rings. The number of aliphatic hydroxyl groups is 1. The van der Waals surface area contributed by atoms with Gasteiger partial charge in [0.2, 0.25) is 0 Å². The SMILES string of the molecule is CC1(C)O[C@@H]2[C@H](O1)[C@@H](CO)O[C@H]2n1cccn1. The topological polar surface area (TPSA) is 65.7 Å². The average molecular weight is 240 g/mol. The van der Waals surface area contributed by atoms with E-state index in [2.05, 4.69) is 5.10 Å². The fraction of sp³-hybridized carbons (Fsp3) is 0.727. The highest BCUT2D eigenvalue weighted by atomic mass is 16.8. The van der Waals surface area contributed by atoms with Gasteiger partial charge in [0.15, 0.2) is 12.0 Å². The van der Waals surface area contributed by atoms with Crippen LogP contribution in [-0.2, 0) is 14.2 Å². The number of hydrogen-bond acceptors (Lipinski definition) is 5. The normalized spacial score (nSPS) is 39.5. The maximum absolute atomic E-state index is 9.31. The number of fused-ring (bicyclic) bond motifs is 1. The maximum atomic E-state index is 9.31. The van der Waals surface area contributed by atoms with Gasteiger partial charge in [-0.1, -0.05) is 0 Å². The molecule has 2 aliphatic rings. The van der Waals surface area contributed by atoms with Gasteiger partial charge in [-0.3, -0.25) is 0 Å². The number of rotatable bonds is 2. The van der Waals surface area contributed by atoms with Gasteiger partial charge in [-0.05, 0) is 19.9 Å². The molecule has 0 unspecified atom stereocenters. The molecule has 0 saturated carbocycles. The molecule has 0 aliphatic carbocycles. The molecule has 2 saturated heterocycles. The smallest absolute Gasteiger partial charge is 0.179 e. The van der Waals surface area contributed by atoms with Crippen molar-refractivity contribution in [1.29, 1.82) is 0 Å². The summed E-state index contributed by atoms with van der Waals surface area (Å²) in [6.45, 7) is 3.64. The van der Waals surface area contributed by atoms with E-state index >= 15 is 0 Å². The van der Waals surface area contributed by atoms with Crippen LogP contribution in [0.15, 0.2) is 18.5 Å². The van der Waals surface area contributed by atoms with Crippen molar-refractivity contribution in [3.63, 3.8) is 0 Å². The highest BCUT2D eigenvalue weighted by molar-refractivity contribution is 4.97. The van der Waals surface area contributed by atoms with Crippen molar-refractivity contribution < 1.29 is 19.3 Å². The van der Waals surface area contributed by atoms with Gasteiger partial charge in [0.1, 0.15) is 18.3 Å². The second-order valence-electron chi connectivity index (χ2n) is 4.80. The summed E-state index contributed by atoms with van der Waals surface area (Å²) in [6.07, 6.45) is 2.32. The van der Waals surface area contributed by atoms with E-state index in [0.29, 0.717) is 0 Å². The second kappa shape index (κ2) is 3.78. The largest absolute Gasteiger partial charge is 0.394 e. The van der Waals surface area contributed by atoms with Crippen molar-refractivity contribution >= 4 is 0 Å². The predicted molar refractivity (Wildman–Crippen MR) is 57.0 cm³/mol. The van der Waals surface area contributed by atoms with Crippen LogP contribution in [0, 0.1) is 0 Å². The first-order valence-corrected chi connectivity index (χ1v) is 5.72. The van der Waals surface area contributed by atoms with Crippen LogP contribution in [0.1, 0.15) is 20.1 Å². The van der Waals surface area contributed by atoms with Crippen LogP contribution >= 0.6 is 0 Å². The predicted octanol–water partition coefficient (Wildman–Crippen LogP) is 0.293.